The number of rotatable bonds is 9. The van der Waals surface area contributed by atoms with E-state index in [1.807, 2.05) is 30.3 Å². The number of nitrogens with two attached hydrogens (primary N) is 1. The summed E-state index contributed by atoms with van der Waals surface area (Å²) in [7, 11) is 4.67. The lowest BCUT2D eigenvalue weighted by molar-refractivity contribution is 0.0946. The number of benzene rings is 2. The predicted octanol–water partition coefficient (Wildman–Crippen LogP) is 2.61. The van der Waals surface area contributed by atoms with Crippen molar-refractivity contribution in [3.63, 3.8) is 0 Å². The summed E-state index contributed by atoms with van der Waals surface area (Å²) in [5.74, 6) is 0.978. The van der Waals surface area contributed by atoms with Crippen LogP contribution in [0.5, 0.6) is 17.2 Å². The van der Waals surface area contributed by atoms with Crippen LogP contribution in [0.15, 0.2) is 42.5 Å². The molecule has 0 saturated carbocycles. The second kappa shape index (κ2) is 10.5. The summed E-state index contributed by atoms with van der Waals surface area (Å²) in [6.45, 7) is 0.516. The third kappa shape index (κ3) is 5.27. The Kier molecular flexibility index (Phi) is 7.50. The van der Waals surface area contributed by atoms with Crippen LogP contribution in [-0.4, -0.2) is 37.5 Å². The number of hydrogen-bond acceptors (Lipinski definition) is 8. The summed E-state index contributed by atoms with van der Waals surface area (Å²) in [5.41, 5.74) is 7.78. The molecule has 0 atom stereocenters. The van der Waals surface area contributed by atoms with Crippen LogP contribution < -0.4 is 30.6 Å². The number of nitrogens with zero attached hydrogens (tertiary/aromatic N) is 1. The Morgan fingerprint density at radius 3 is 2.28 bits per heavy atom. The molecule has 0 saturated heterocycles. The standard InChI is InChI=1S/C22H24N4O5S/c1-29-15-6-4-5-13(9-15)11-24-21(27)19-18(23)20(32-26-19)22(28)25-12-14-7-8-16(30-2)17(10-14)31-3/h4-10H,11-12,23H2,1-3H3,(H,24,27)(H,25,28). The van der Waals surface area contributed by atoms with Gasteiger partial charge >= 0.3 is 0 Å². The van der Waals surface area contributed by atoms with Crippen LogP contribution in [-0.2, 0) is 13.1 Å². The lowest BCUT2D eigenvalue weighted by atomic mass is 10.2. The zero-order valence-corrected chi connectivity index (χ0v) is 18.7. The first-order valence-corrected chi connectivity index (χ1v) is 10.4. The molecule has 0 aliphatic heterocycles. The second-order valence-electron chi connectivity index (χ2n) is 6.68. The maximum atomic E-state index is 12.6. The minimum Gasteiger partial charge on any atom is -0.497 e. The molecule has 2 amide bonds. The Bertz CT molecular complexity index is 1120. The molecule has 4 N–H and O–H groups in total. The summed E-state index contributed by atoms with van der Waals surface area (Å²) in [6.07, 6.45) is 0. The normalized spacial score (nSPS) is 10.3. The number of carbonyl (C=O) groups is 2. The number of hydrogen-bond donors (Lipinski definition) is 3. The summed E-state index contributed by atoms with van der Waals surface area (Å²) in [4.78, 5) is 25.3. The Labute approximate surface area is 189 Å². The quantitative estimate of drug-likeness (QED) is 0.452. The molecule has 0 bridgehead atoms. The van der Waals surface area contributed by atoms with E-state index >= 15 is 0 Å². The largest absolute Gasteiger partial charge is 0.497 e. The highest BCUT2D eigenvalue weighted by Crippen LogP contribution is 2.28. The highest BCUT2D eigenvalue weighted by atomic mass is 32.1. The van der Waals surface area contributed by atoms with E-state index in [-0.39, 0.29) is 29.3 Å². The molecule has 0 fully saturated rings. The van der Waals surface area contributed by atoms with Crippen molar-refractivity contribution in [2.75, 3.05) is 27.1 Å². The Balaban J connectivity index is 1.61. The topological polar surface area (TPSA) is 125 Å². The minimum absolute atomic E-state index is 0.0224. The summed E-state index contributed by atoms with van der Waals surface area (Å²) < 4.78 is 19.7. The van der Waals surface area contributed by atoms with Crippen molar-refractivity contribution in [1.82, 2.24) is 15.0 Å². The number of nitrogens with one attached hydrogen (secondary N) is 2. The van der Waals surface area contributed by atoms with Crippen molar-refractivity contribution < 1.29 is 23.8 Å². The van der Waals surface area contributed by atoms with Crippen LogP contribution in [0, 0.1) is 0 Å². The minimum atomic E-state index is -0.458. The van der Waals surface area contributed by atoms with Gasteiger partial charge < -0.3 is 30.6 Å². The number of aromatic nitrogens is 1. The van der Waals surface area contributed by atoms with Crippen LogP contribution in [0.25, 0.3) is 0 Å². The van der Waals surface area contributed by atoms with Gasteiger partial charge in [-0.25, -0.2) is 0 Å². The molecule has 0 unspecified atom stereocenters. The van der Waals surface area contributed by atoms with Crippen molar-refractivity contribution in [1.29, 1.82) is 0 Å². The number of ether oxygens (including phenoxy) is 3. The average Bonchev–Trinajstić information content (AvgIpc) is 3.22. The third-order valence-corrected chi connectivity index (χ3v) is 5.50. The molecule has 0 aliphatic carbocycles. The van der Waals surface area contributed by atoms with E-state index in [1.54, 1.807) is 33.5 Å². The molecule has 10 heteroatoms. The van der Waals surface area contributed by atoms with Gasteiger partial charge in [-0.05, 0) is 46.9 Å². The molecule has 3 rings (SSSR count). The number of nitrogen functional groups attached to an aromatic ring is 1. The maximum Gasteiger partial charge on any atom is 0.273 e. The van der Waals surface area contributed by atoms with E-state index in [4.69, 9.17) is 19.9 Å². The zero-order valence-electron chi connectivity index (χ0n) is 17.9. The number of methoxy groups -OCH3 is 3. The van der Waals surface area contributed by atoms with Crippen LogP contribution in [0.3, 0.4) is 0 Å². The van der Waals surface area contributed by atoms with Gasteiger partial charge in [0.05, 0.1) is 27.0 Å². The SMILES string of the molecule is COc1cccc(CNC(=O)c2nsc(C(=O)NCc3ccc(OC)c(OC)c3)c2N)c1. The molecule has 168 valence electrons. The van der Waals surface area contributed by atoms with Crippen LogP contribution in [0.1, 0.15) is 31.3 Å². The third-order valence-electron chi connectivity index (χ3n) is 4.64. The van der Waals surface area contributed by atoms with Crippen molar-refractivity contribution in [2.45, 2.75) is 13.1 Å². The van der Waals surface area contributed by atoms with Gasteiger partial charge in [-0.1, -0.05) is 18.2 Å². The Morgan fingerprint density at radius 1 is 0.906 bits per heavy atom. The van der Waals surface area contributed by atoms with Crippen molar-refractivity contribution in [2.24, 2.45) is 0 Å². The van der Waals surface area contributed by atoms with Gasteiger partial charge in [0.2, 0.25) is 0 Å². The molecule has 3 aromatic rings. The van der Waals surface area contributed by atoms with Gasteiger partial charge in [0.15, 0.2) is 17.2 Å². The Morgan fingerprint density at radius 2 is 1.59 bits per heavy atom. The fraction of sp³-hybridized carbons (Fsp3) is 0.227. The Hall–Kier alpha value is -3.79. The van der Waals surface area contributed by atoms with E-state index in [9.17, 15) is 9.59 Å². The highest BCUT2D eigenvalue weighted by Gasteiger charge is 2.22. The van der Waals surface area contributed by atoms with Gasteiger partial charge in [0, 0.05) is 13.1 Å². The highest BCUT2D eigenvalue weighted by molar-refractivity contribution is 7.09. The molecule has 9 nitrogen and oxygen atoms in total. The average molecular weight is 457 g/mol. The van der Waals surface area contributed by atoms with Crippen LogP contribution in [0.4, 0.5) is 5.69 Å². The molecule has 0 spiro atoms. The molecule has 2 aromatic carbocycles. The first-order chi connectivity index (χ1) is 15.5. The fourth-order valence-corrected chi connectivity index (χ4v) is 3.64. The first-order valence-electron chi connectivity index (χ1n) is 9.62. The van der Waals surface area contributed by atoms with E-state index in [0.717, 1.165) is 22.7 Å². The molecule has 0 radical (unpaired) electrons. The molecular formula is C22H24N4O5S. The van der Waals surface area contributed by atoms with Crippen molar-refractivity contribution >= 4 is 29.0 Å². The smallest absolute Gasteiger partial charge is 0.273 e. The molecule has 32 heavy (non-hydrogen) atoms. The zero-order chi connectivity index (χ0) is 23.1. The maximum absolute atomic E-state index is 12.6. The molecular weight excluding hydrogens is 432 g/mol. The summed E-state index contributed by atoms with van der Waals surface area (Å²) >= 11 is 0.877. The lowest BCUT2D eigenvalue weighted by Gasteiger charge is -2.10. The number of carbonyl (C=O) groups excluding carboxylic acids is 2. The molecule has 1 heterocycles. The molecule has 0 aliphatic rings. The van der Waals surface area contributed by atoms with E-state index in [0.29, 0.717) is 17.2 Å². The van der Waals surface area contributed by atoms with E-state index < -0.39 is 11.8 Å². The first kappa shape index (κ1) is 22.9. The predicted molar refractivity (Wildman–Crippen MR) is 121 cm³/mol. The van der Waals surface area contributed by atoms with Gasteiger partial charge in [-0.2, -0.15) is 4.37 Å². The van der Waals surface area contributed by atoms with Gasteiger partial charge in [0.25, 0.3) is 11.8 Å². The van der Waals surface area contributed by atoms with Crippen LogP contribution >= 0.6 is 11.5 Å². The van der Waals surface area contributed by atoms with Gasteiger partial charge in [-0.3, -0.25) is 9.59 Å². The van der Waals surface area contributed by atoms with Crippen LogP contribution in [0.2, 0.25) is 0 Å². The number of anilines is 1. The lowest BCUT2D eigenvalue weighted by Crippen LogP contribution is -2.25. The van der Waals surface area contributed by atoms with Crippen molar-refractivity contribution in [3.05, 3.63) is 64.2 Å². The van der Waals surface area contributed by atoms with Crippen molar-refractivity contribution in [3.8, 4) is 17.2 Å². The summed E-state index contributed by atoms with van der Waals surface area (Å²) in [6, 6.07) is 12.7. The van der Waals surface area contributed by atoms with E-state index in [2.05, 4.69) is 15.0 Å². The second-order valence-corrected chi connectivity index (χ2v) is 7.45. The summed E-state index contributed by atoms with van der Waals surface area (Å²) in [5, 5.41) is 5.53. The monoisotopic (exact) mass is 456 g/mol. The fourth-order valence-electron chi connectivity index (χ4n) is 2.93. The van der Waals surface area contributed by atoms with E-state index in [1.165, 1.54) is 0 Å². The van der Waals surface area contributed by atoms with Gasteiger partial charge in [-0.15, -0.1) is 0 Å². The number of amides is 2. The molecule has 1 aromatic heterocycles. The van der Waals surface area contributed by atoms with Gasteiger partial charge in [0.1, 0.15) is 10.6 Å².